The lowest BCUT2D eigenvalue weighted by atomic mass is 10.1. The van der Waals surface area contributed by atoms with Crippen LogP contribution in [-0.4, -0.2) is 19.7 Å². The third kappa shape index (κ3) is 3.46. The molecular formula is C12H14O3. The highest BCUT2D eigenvalue weighted by Crippen LogP contribution is 2.17. The average Bonchev–Trinajstić information content (AvgIpc) is 2.29. The summed E-state index contributed by atoms with van der Waals surface area (Å²) >= 11 is 0. The maximum atomic E-state index is 10.7. The molecule has 80 valence electrons. The van der Waals surface area contributed by atoms with Crippen molar-refractivity contribution in [1.29, 1.82) is 0 Å². The molecule has 0 atom stereocenters. The van der Waals surface area contributed by atoms with Gasteiger partial charge in [-0.25, -0.2) is 0 Å². The van der Waals surface area contributed by atoms with E-state index in [1.165, 1.54) is 6.92 Å². The van der Waals surface area contributed by atoms with Crippen molar-refractivity contribution in [3.8, 4) is 5.75 Å². The van der Waals surface area contributed by atoms with E-state index in [1.807, 2.05) is 0 Å². The summed E-state index contributed by atoms with van der Waals surface area (Å²) in [5.41, 5.74) is 1.04. The third-order valence-corrected chi connectivity index (χ3v) is 1.86. The first kappa shape index (κ1) is 8.53. The highest BCUT2D eigenvalue weighted by atomic mass is 16.5. The van der Waals surface area contributed by atoms with Crippen molar-refractivity contribution in [3.63, 3.8) is 0 Å². The molecule has 0 unspecified atom stereocenters. The Morgan fingerprint density at radius 2 is 2.13 bits per heavy atom. The lowest BCUT2D eigenvalue weighted by Gasteiger charge is -2.06. The first-order valence-corrected chi connectivity index (χ1v) is 4.48. The second kappa shape index (κ2) is 5.20. The molecule has 0 aliphatic rings. The first-order chi connectivity index (χ1) is 8.04. The smallest absolute Gasteiger partial charge is 0.302 e. The van der Waals surface area contributed by atoms with Gasteiger partial charge in [0.2, 0.25) is 0 Å². The van der Waals surface area contributed by atoms with Crippen molar-refractivity contribution in [2.45, 2.75) is 6.92 Å². The van der Waals surface area contributed by atoms with Crippen molar-refractivity contribution in [3.05, 3.63) is 36.4 Å². The fourth-order valence-corrected chi connectivity index (χ4v) is 1.05. The van der Waals surface area contributed by atoms with Crippen LogP contribution in [0, 0.1) is 0 Å². The second-order valence-corrected chi connectivity index (χ2v) is 2.99. The molecule has 0 spiro atoms. The molecule has 0 radical (unpaired) electrons. The zero-order valence-electron chi connectivity index (χ0n) is 10.7. The fourth-order valence-electron chi connectivity index (χ4n) is 1.05. The van der Waals surface area contributed by atoms with E-state index in [1.54, 1.807) is 31.4 Å². The molecule has 15 heavy (non-hydrogen) atoms. The van der Waals surface area contributed by atoms with Gasteiger partial charge in [-0.3, -0.25) is 4.79 Å². The molecule has 1 rings (SSSR count). The fraction of sp³-hybridized carbons (Fsp3) is 0.250. The quantitative estimate of drug-likeness (QED) is 0.712. The molecule has 0 heterocycles. The van der Waals surface area contributed by atoms with Crippen LogP contribution in [0.5, 0.6) is 5.75 Å². The van der Waals surface area contributed by atoms with E-state index in [0.717, 1.165) is 0 Å². The van der Waals surface area contributed by atoms with Crippen molar-refractivity contribution in [2.75, 3.05) is 13.7 Å². The molecule has 0 aliphatic heterocycles. The number of methoxy groups -OCH3 is 1. The van der Waals surface area contributed by atoms with E-state index >= 15 is 0 Å². The number of ether oxygens (including phenoxy) is 2. The molecule has 0 saturated heterocycles. The Morgan fingerprint density at radius 3 is 2.60 bits per heavy atom. The minimum atomic E-state index is -0.433. The Morgan fingerprint density at radius 1 is 1.47 bits per heavy atom. The number of rotatable bonds is 4. The van der Waals surface area contributed by atoms with Crippen molar-refractivity contribution >= 4 is 11.5 Å². The van der Waals surface area contributed by atoms with Gasteiger partial charge in [-0.05, 0) is 23.3 Å². The molecule has 0 amide bonds. The van der Waals surface area contributed by atoms with Gasteiger partial charge in [0.05, 0.1) is 9.85 Å². The van der Waals surface area contributed by atoms with Crippen molar-refractivity contribution in [2.24, 2.45) is 0 Å². The third-order valence-electron chi connectivity index (χ3n) is 1.86. The molecule has 3 heteroatoms. The molecule has 0 bridgehead atoms. The van der Waals surface area contributed by atoms with Gasteiger partial charge >= 0.3 is 5.97 Å². The largest absolute Gasteiger partial charge is 0.497 e. The van der Waals surface area contributed by atoms with E-state index in [2.05, 4.69) is 0 Å². The van der Waals surface area contributed by atoms with E-state index in [0.29, 0.717) is 16.9 Å². The molecule has 0 saturated carbocycles. The van der Waals surface area contributed by atoms with Crippen LogP contribution in [0.1, 0.15) is 15.2 Å². The maximum absolute atomic E-state index is 10.7. The van der Waals surface area contributed by atoms with Gasteiger partial charge in [-0.1, -0.05) is 18.7 Å². The normalized spacial score (nSPS) is 11.1. The number of carbonyl (C=O) groups is 1. The Labute approximate surface area is 92.1 Å². The number of hydrogen-bond donors (Lipinski definition) is 0. The highest BCUT2D eigenvalue weighted by Gasteiger charge is 2.01. The summed E-state index contributed by atoms with van der Waals surface area (Å²) in [5.74, 6) is 0.259. The van der Waals surface area contributed by atoms with Gasteiger partial charge in [0.25, 0.3) is 0 Å². The highest BCUT2D eigenvalue weighted by molar-refractivity contribution is 5.70. The van der Waals surface area contributed by atoms with Crippen LogP contribution in [0.2, 0.25) is 0 Å². The second-order valence-electron chi connectivity index (χ2n) is 2.99. The minimum Gasteiger partial charge on any atom is -0.497 e. The summed E-state index contributed by atoms with van der Waals surface area (Å²) in [6.07, 6.45) is 0. The van der Waals surface area contributed by atoms with Gasteiger partial charge in [0.1, 0.15) is 12.4 Å². The Hall–Kier alpha value is -1.77. The number of hydrogen-bond acceptors (Lipinski definition) is 3. The lowest BCUT2D eigenvalue weighted by molar-refractivity contribution is -0.139. The SMILES string of the molecule is [2H]C([2H])=C(COC(C)=O)c1ccc(OC)cc1. The van der Waals surface area contributed by atoms with Gasteiger partial charge in [-0.15, -0.1) is 0 Å². The average molecular weight is 208 g/mol. The van der Waals surface area contributed by atoms with Crippen LogP contribution in [-0.2, 0) is 9.53 Å². The van der Waals surface area contributed by atoms with Crippen molar-refractivity contribution in [1.82, 2.24) is 0 Å². The summed E-state index contributed by atoms with van der Waals surface area (Å²) in [6, 6.07) is 6.90. The summed E-state index contributed by atoms with van der Waals surface area (Å²) in [4.78, 5) is 10.7. The van der Waals surface area contributed by atoms with E-state index in [9.17, 15) is 4.79 Å². The molecule has 1 aromatic rings. The molecule has 0 aromatic heterocycles. The van der Waals surface area contributed by atoms with Crippen LogP contribution in [0.3, 0.4) is 0 Å². The summed E-state index contributed by atoms with van der Waals surface area (Å²) < 4.78 is 24.5. The summed E-state index contributed by atoms with van der Waals surface area (Å²) in [5, 5.41) is 0. The number of benzene rings is 1. The standard InChI is InChI=1S/C12H14O3/c1-9(8-15-10(2)13)11-4-6-12(14-3)7-5-11/h4-7H,1,8H2,2-3H3/i1D2. The Kier molecular flexibility index (Phi) is 2.95. The number of carbonyl (C=O) groups excluding carboxylic acids is 1. The van der Waals surface area contributed by atoms with Crippen LogP contribution >= 0.6 is 0 Å². The zero-order chi connectivity index (χ0) is 12.8. The predicted molar refractivity (Wildman–Crippen MR) is 58.7 cm³/mol. The molecule has 1 aromatic carbocycles. The molecule has 0 aliphatic carbocycles. The van der Waals surface area contributed by atoms with Gasteiger partial charge in [0.15, 0.2) is 0 Å². The molecule has 0 fully saturated rings. The van der Waals surface area contributed by atoms with Crippen LogP contribution < -0.4 is 4.74 Å². The minimum absolute atomic E-state index is 0.0655. The predicted octanol–water partition coefficient (Wildman–Crippen LogP) is 2.27. The molecule has 3 nitrogen and oxygen atoms in total. The van der Waals surface area contributed by atoms with Crippen LogP contribution in [0.25, 0.3) is 5.57 Å². The topological polar surface area (TPSA) is 35.5 Å². The first-order valence-electron chi connectivity index (χ1n) is 5.48. The van der Waals surface area contributed by atoms with Crippen LogP contribution in [0.15, 0.2) is 30.8 Å². The zero-order valence-corrected chi connectivity index (χ0v) is 8.74. The Bertz CT molecular complexity index is 420. The van der Waals surface area contributed by atoms with Gasteiger partial charge in [0, 0.05) is 6.92 Å². The monoisotopic (exact) mass is 208 g/mol. The van der Waals surface area contributed by atoms with Crippen LogP contribution in [0.4, 0.5) is 0 Å². The molecule has 0 N–H and O–H groups in total. The van der Waals surface area contributed by atoms with E-state index in [-0.39, 0.29) is 13.1 Å². The van der Waals surface area contributed by atoms with Crippen molar-refractivity contribution < 1.29 is 17.0 Å². The van der Waals surface area contributed by atoms with Gasteiger partial charge in [-0.2, -0.15) is 0 Å². The number of esters is 1. The maximum Gasteiger partial charge on any atom is 0.302 e. The summed E-state index contributed by atoms with van der Waals surface area (Å²) in [6.45, 7) is 0.861. The Balaban J connectivity index is 2.91. The van der Waals surface area contributed by atoms with E-state index < -0.39 is 5.97 Å². The lowest BCUT2D eigenvalue weighted by Crippen LogP contribution is -2.01. The molecular weight excluding hydrogens is 192 g/mol. The van der Waals surface area contributed by atoms with E-state index in [4.69, 9.17) is 12.2 Å². The van der Waals surface area contributed by atoms with Gasteiger partial charge < -0.3 is 9.47 Å². The summed E-state index contributed by atoms with van der Waals surface area (Å²) in [7, 11) is 1.56.